The molecule has 3 nitrogen and oxygen atoms in total. The Hall–Kier alpha value is -0.710. The molecule has 0 radical (unpaired) electrons. The molecule has 1 aromatic heterocycles. The highest BCUT2D eigenvalue weighted by Crippen LogP contribution is 2.17. The maximum Gasteiger partial charge on any atom is 0.186 e. The second kappa shape index (κ2) is 5.57. The van der Waals surface area contributed by atoms with Crippen LogP contribution in [-0.2, 0) is 11.2 Å². The minimum Gasteiger partial charge on any atom is -0.379 e. The van der Waals surface area contributed by atoms with Crippen molar-refractivity contribution in [2.24, 2.45) is 0 Å². The summed E-state index contributed by atoms with van der Waals surface area (Å²) < 4.78 is 5.26. The second-order valence-corrected chi connectivity index (χ2v) is 5.10. The van der Waals surface area contributed by atoms with Crippen LogP contribution in [-0.4, -0.2) is 43.5 Å². The van der Waals surface area contributed by atoms with Crippen LogP contribution in [0.1, 0.15) is 21.5 Å². The van der Waals surface area contributed by atoms with Crippen LogP contribution in [0.5, 0.6) is 0 Å². The summed E-state index contributed by atoms with van der Waals surface area (Å²) >= 11 is 1.62. The molecule has 2 heterocycles. The zero-order valence-corrected chi connectivity index (χ0v) is 10.4. The number of rotatable bonds is 4. The molecule has 4 heteroatoms. The van der Waals surface area contributed by atoms with Gasteiger partial charge in [0, 0.05) is 18.0 Å². The Bertz CT molecular complexity index is 356. The van der Waals surface area contributed by atoms with E-state index in [2.05, 4.69) is 17.9 Å². The summed E-state index contributed by atoms with van der Waals surface area (Å²) in [6.07, 6.45) is 1.01. The Morgan fingerprint density at radius 2 is 2.19 bits per heavy atom. The molecule has 1 saturated heterocycles. The summed E-state index contributed by atoms with van der Waals surface area (Å²) in [5, 5.41) is 0. The van der Waals surface area contributed by atoms with Gasteiger partial charge in [0.25, 0.3) is 0 Å². The largest absolute Gasteiger partial charge is 0.379 e. The molecular formula is C12H17NO2S. The number of hydrogen-bond donors (Lipinski definition) is 0. The third kappa shape index (κ3) is 2.90. The number of nitrogens with zero attached hydrogens (tertiary/aromatic N) is 1. The van der Waals surface area contributed by atoms with Crippen molar-refractivity contribution in [3.8, 4) is 0 Å². The van der Waals surface area contributed by atoms with E-state index in [0.29, 0.717) is 6.54 Å². The van der Waals surface area contributed by atoms with Crippen LogP contribution in [0.15, 0.2) is 12.1 Å². The first-order chi connectivity index (χ1) is 7.79. The summed E-state index contributed by atoms with van der Waals surface area (Å²) in [6.45, 7) is 5.89. The molecule has 1 aliphatic heterocycles. The van der Waals surface area contributed by atoms with Gasteiger partial charge in [0.1, 0.15) is 0 Å². The molecular weight excluding hydrogens is 222 g/mol. The number of thiophene rings is 1. The zero-order valence-electron chi connectivity index (χ0n) is 9.57. The van der Waals surface area contributed by atoms with Gasteiger partial charge in [-0.05, 0) is 18.6 Å². The Morgan fingerprint density at radius 3 is 2.81 bits per heavy atom. The van der Waals surface area contributed by atoms with Gasteiger partial charge in [0.05, 0.1) is 24.6 Å². The Labute approximate surface area is 100 Å². The molecule has 0 aliphatic carbocycles. The number of morpholine rings is 1. The molecule has 0 unspecified atom stereocenters. The number of hydrogen-bond acceptors (Lipinski definition) is 4. The van der Waals surface area contributed by atoms with Gasteiger partial charge in [0.2, 0.25) is 0 Å². The molecule has 1 aliphatic rings. The maximum absolute atomic E-state index is 12.0. The van der Waals surface area contributed by atoms with Crippen molar-refractivity contribution in [1.29, 1.82) is 0 Å². The lowest BCUT2D eigenvalue weighted by molar-refractivity contribution is 0.0372. The molecule has 0 saturated carbocycles. The smallest absolute Gasteiger partial charge is 0.186 e. The third-order valence-corrected chi connectivity index (χ3v) is 4.03. The van der Waals surface area contributed by atoms with Crippen molar-refractivity contribution < 1.29 is 9.53 Å². The van der Waals surface area contributed by atoms with E-state index in [9.17, 15) is 4.79 Å². The Balaban J connectivity index is 1.91. The van der Waals surface area contributed by atoms with E-state index in [1.54, 1.807) is 11.3 Å². The predicted octanol–water partition coefficient (Wildman–Crippen LogP) is 1.83. The molecule has 1 fully saturated rings. The van der Waals surface area contributed by atoms with E-state index < -0.39 is 0 Å². The highest BCUT2D eigenvalue weighted by molar-refractivity contribution is 7.14. The summed E-state index contributed by atoms with van der Waals surface area (Å²) in [4.78, 5) is 16.3. The molecule has 0 atom stereocenters. The number of ketones is 1. The van der Waals surface area contributed by atoms with E-state index in [1.807, 2.05) is 6.07 Å². The number of carbonyl (C=O) groups is 1. The van der Waals surface area contributed by atoms with Crippen molar-refractivity contribution in [2.75, 3.05) is 32.8 Å². The quantitative estimate of drug-likeness (QED) is 0.751. The van der Waals surface area contributed by atoms with Crippen molar-refractivity contribution in [1.82, 2.24) is 4.90 Å². The van der Waals surface area contributed by atoms with E-state index in [-0.39, 0.29) is 5.78 Å². The SMILES string of the molecule is CCc1ccc(C(=O)CN2CCOCC2)s1. The van der Waals surface area contributed by atoms with Crippen molar-refractivity contribution in [3.05, 3.63) is 21.9 Å². The summed E-state index contributed by atoms with van der Waals surface area (Å²) in [7, 11) is 0. The average Bonchev–Trinajstić information content (AvgIpc) is 2.79. The van der Waals surface area contributed by atoms with Crippen LogP contribution in [0, 0.1) is 0 Å². The van der Waals surface area contributed by atoms with Gasteiger partial charge >= 0.3 is 0 Å². The normalized spacial score (nSPS) is 17.6. The van der Waals surface area contributed by atoms with E-state index >= 15 is 0 Å². The minimum absolute atomic E-state index is 0.242. The van der Waals surface area contributed by atoms with Crippen LogP contribution in [0.4, 0.5) is 0 Å². The fourth-order valence-electron chi connectivity index (χ4n) is 1.76. The van der Waals surface area contributed by atoms with Gasteiger partial charge in [-0.3, -0.25) is 9.69 Å². The highest BCUT2D eigenvalue weighted by Gasteiger charge is 2.16. The van der Waals surface area contributed by atoms with Gasteiger partial charge in [-0.2, -0.15) is 0 Å². The van der Waals surface area contributed by atoms with Crippen LogP contribution in [0.3, 0.4) is 0 Å². The summed E-state index contributed by atoms with van der Waals surface area (Å²) in [5.74, 6) is 0.242. The summed E-state index contributed by atoms with van der Waals surface area (Å²) in [5.41, 5.74) is 0. The fraction of sp³-hybridized carbons (Fsp3) is 0.583. The predicted molar refractivity (Wildman–Crippen MR) is 65.3 cm³/mol. The van der Waals surface area contributed by atoms with E-state index in [1.165, 1.54) is 4.88 Å². The van der Waals surface area contributed by atoms with Gasteiger partial charge < -0.3 is 4.74 Å². The lowest BCUT2D eigenvalue weighted by atomic mass is 10.2. The second-order valence-electron chi connectivity index (χ2n) is 3.93. The first-order valence-corrected chi connectivity index (χ1v) is 6.53. The molecule has 0 bridgehead atoms. The van der Waals surface area contributed by atoms with Crippen molar-refractivity contribution >= 4 is 17.1 Å². The minimum atomic E-state index is 0.242. The van der Waals surface area contributed by atoms with Crippen LogP contribution in [0.2, 0.25) is 0 Å². The number of aryl methyl sites for hydroxylation is 1. The topological polar surface area (TPSA) is 29.5 Å². The fourth-order valence-corrected chi connectivity index (χ4v) is 2.64. The monoisotopic (exact) mass is 239 g/mol. The zero-order chi connectivity index (χ0) is 11.4. The van der Waals surface area contributed by atoms with Crippen LogP contribution in [0.25, 0.3) is 0 Å². The van der Waals surface area contributed by atoms with Crippen molar-refractivity contribution in [2.45, 2.75) is 13.3 Å². The van der Waals surface area contributed by atoms with Crippen molar-refractivity contribution in [3.63, 3.8) is 0 Å². The Kier molecular flexibility index (Phi) is 4.09. The maximum atomic E-state index is 12.0. The molecule has 16 heavy (non-hydrogen) atoms. The van der Waals surface area contributed by atoms with Crippen LogP contribution >= 0.6 is 11.3 Å². The lowest BCUT2D eigenvalue weighted by Crippen LogP contribution is -2.39. The number of Topliss-reactive ketones (excluding diaryl/α,β-unsaturated/α-hetero) is 1. The van der Waals surface area contributed by atoms with Crippen LogP contribution < -0.4 is 0 Å². The van der Waals surface area contributed by atoms with Gasteiger partial charge in [-0.15, -0.1) is 11.3 Å². The number of ether oxygens (including phenoxy) is 1. The third-order valence-electron chi connectivity index (χ3n) is 2.76. The lowest BCUT2D eigenvalue weighted by Gasteiger charge is -2.25. The van der Waals surface area contributed by atoms with E-state index in [0.717, 1.165) is 37.6 Å². The molecule has 0 N–H and O–H groups in total. The van der Waals surface area contributed by atoms with Gasteiger partial charge in [-0.1, -0.05) is 6.92 Å². The molecule has 88 valence electrons. The first-order valence-electron chi connectivity index (χ1n) is 5.71. The Morgan fingerprint density at radius 1 is 1.44 bits per heavy atom. The van der Waals surface area contributed by atoms with Gasteiger partial charge in [0.15, 0.2) is 5.78 Å². The standard InChI is InChI=1S/C12H17NO2S/c1-2-10-3-4-12(16-10)11(14)9-13-5-7-15-8-6-13/h3-4H,2,5-9H2,1H3. The van der Waals surface area contributed by atoms with E-state index in [4.69, 9.17) is 4.74 Å². The average molecular weight is 239 g/mol. The first kappa shape index (κ1) is 11.8. The molecule has 0 aromatic carbocycles. The molecule has 1 aromatic rings. The molecule has 2 rings (SSSR count). The summed E-state index contributed by atoms with van der Waals surface area (Å²) in [6, 6.07) is 4.00. The molecule has 0 spiro atoms. The highest BCUT2D eigenvalue weighted by atomic mass is 32.1. The molecule has 0 amide bonds. The number of carbonyl (C=O) groups excluding carboxylic acids is 1. The van der Waals surface area contributed by atoms with Gasteiger partial charge in [-0.25, -0.2) is 0 Å².